The third kappa shape index (κ3) is 3.08. The fraction of sp³-hybridized carbons (Fsp3) is 0.200. The largest absolute Gasteiger partial charge is 0.290 e. The van der Waals surface area contributed by atoms with Crippen LogP contribution < -0.4 is 5.56 Å². The van der Waals surface area contributed by atoms with E-state index < -0.39 is 0 Å². The maximum absolute atomic E-state index is 12.5. The number of nitrogens with zero attached hydrogens (tertiary/aromatic N) is 2. The number of rotatable bonds is 1. The molecule has 0 saturated heterocycles. The number of fused-ring (bicyclic) bond motifs is 3. The van der Waals surface area contributed by atoms with Crippen LogP contribution in [-0.2, 0) is 0 Å². The van der Waals surface area contributed by atoms with Gasteiger partial charge in [-0.05, 0) is 18.2 Å². The Bertz CT molecular complexity index is 968. The van der Waals surface area contributed by atoms with E-state index in [2.05, 4.69) is 10.1 Å². The molecule has 0 amide bonds. The molecule has 2 aromatic heterocycles. The molecule has 0 spiro atoms. The summed E-state index contributed by atoms with van der Waals surface area (Å²) in [6.07, 6.45) is 1.63. The van der Waals surface area contributed by atoms with E-state index in [-0.39, 0.29) is 5.56 Å². The Kier molecular flexibility index (Phi) is 5.90. The Morgan fingerprint density at radius 3 is 2.17 bits per heavy atom. The third-order valence-corrected chi connectivity index (χ3v) is 3.45. The summed E-state index contributed by atoms with van der Waals surface area (Å²) in [5.74, 6) is 0. The summed E-state index contributed by atoms with van der Waals surface area (Å²) in [6.45, 7) is 8.00. The highest BCUT2D eigenvalue weighted by molar-refractivity contribution is 6.02. The van der Waals surface area contributed by atoms with Gasteiger partial charge < -0.3 is 0 Å². The zero-order valence-corrected chi connectivity index (χ0v) is 14.6. The molecule has 1 N–H and O–H groups in total. The molecule has 0 saturated carbocycles. The van der Waals surface area contributed by atoms with Crippen molar-refractivity contribution in [1.82, 2.24) is 14.8 Å². The van der Waals surface area contributed by atoms with Crippen LogP contribution in [0, 0.1) is 0 Å². The Hall–Kier alpha value is -2.88. The Labute approximate surface area is 141 Å². The van der Waals surface area contributed by atoms with Crippen LogP contribution in [-0.4, -0.2) is 14.8 Å². The first kappa shape index (κ1) is 17.5. The maximum atomic E-state index is 12.5. The number of hydrogen-bond donors (Lipinski definition) is 1. The lowest BCUT2D eigenvalue weighted by Gasteiger charge is -1.99. The van der Waals surface area contributed by atoms with Gasteiger partial charge in [-0.3, -0.25) is 14.9 Å². The van der Waals surface area contributed by atoms with Crippen molar-refractivity contribution in [1.29, 1.82) is 0 Å². The predicted molar refractivity (Wildman–Crippen MR) is 102 cm³/mol. The molecule has 4 rings (SSSR count). The second-order valence-electron chi connectivity index (χ2n) is 4.65. The molecule has 2 aromatic carbocycles. The number of nitrogens with one attached hydrogen (secondary N) is 1. The Morgan fingerprint density at radius 1 is 0.833 bits per heavy atom. The highest BCUT2D eigenvalue weighted by Crippen LogP contribution is 2.20. The van der Waals surface area contributed by atoms with Crippen molar-refractivity contribution in [3.8, 4) is 5.69 Å². The topological polar surface area (TPSA) is 50.7 Å². The zero-order chi connectivity index (χ0) is 17.5. The summed E-state index contributed by atoms with van der Waals surface area (Å²) >= 11 is 0. The minimum absolute atomic E-state index is 0.0792. The lowest BCUT2D eigenvalue weighted by molar-refractivity contribution is 0.864. The molecule has 124 valence electrons. The first-order valence-corrected chi connectivity index (χ1v) is 8.38. The highest BCUT2D eigenvalue weighted by atomic mass is 16.1. The van der Waals surface area contributed by atoms with E-state index in [0.717, 1.165) is 22.1 Å². The summed E-state index contributed by atoms with van der Waals surface area (Å²) in [6, 6.07) is 17.3. The number of pyridine rings is 1. The molecule has 0 bridgehead atoms. The number of aromatic amines is 1. The average molecular weight is 321 g/mol. The van der Waals surface area contributed by atoms with Gasteiger partial charge >= 0.3 is 0 Å². The second kappa shape index (κ2) is 8.11. The average Bonchev–Trinajstić information content (AvgIpc) is 3.03. The van der Waals surface area contributed by atoms with E-state index in [1.807, 2.05) is 82.3 Å². The molecule has 0 aliphatic carbocycles. The van der Waals surface area contributed by atoms with Crippen molar-refractivity contribution >= 4 is 21.8 Å². The van der Waals surface area contributed by atoms with Gasteiger partial charge in [0.05, 0.1) is 22.1 Å². The molecular weight excluding hydrogens is 298 g/mol. The van der Waals surface area contributed by atoms with Gasteiger partial charge in [-0.1, -0.05) is 64.1 Å². The minimum Gasteiger partial charge on any atom is -0.290 e. The zero-order valence-electron chi connectivity index (χ0n) is 14.6. The summed E-state index contributed by atoms with van der Waals surface area (Å²) in [5.41, 5.74) is 2.44. The highest BCUT2D eigenvalue weighted by Gasteiger charge is 2.11. The van der Waals surface area contributed by atoms with Gasteiger partial charge in [-0.2, -0.15) is 0 Å². The van der Waals surface area contributed by atoms with Crippen molar-refractivity contribution in [2.75, 3.05) is 0 Å². The van der Waals surface area contributed by atoms with Gasteiger partial charge in [-0.15, -0.1) is 0 Å². The van der Waals surface area contributed by atoms with E-state index in [9.17, 15) is 4.79 Å². The molecule has 0 aliphatic rings. The van der Waals surface area contributed by atoms with Crippen LogP contribution in [0.15, 0.2) is 65.6 Å². The van der Waals surface area contributed by atoms with Gasteiger partial charge in [0, 0.05) is 11.6 Å². The van der Waals surface area contributed by atoms with Crippen LogP contribution in [0.1, 0.15) is 27.7 Å². The van der Waals surface area contributed by atoms with Gasteiger partial charge in [0.25, 0.3) is 5.56 Å². The molecular formula is C20H23N3O. The molecule has 2 heterocycles. The van der Waals surface area contributed by atoms with Crippen molar-refractivity contribution in [3.05, 3.63) is 71.1 Å². The van der Waals surface area contributed by atoms with E-state index >= 15 is 0 Å². The SMILES string of the molecule is CC.CC.O=c1c2cnc3ccccc3c2[nH]n1-c1ccccc1. The van der Waals surface area contributed by atoms with E-state index in [0.29, 0.717) is 5.39 Å². The lowest BCUT2D eigenvalue weighted by atomic mass is 10.2. The minimum atomic E-state index is -0.0792. The predicted octanol–water partition coefficient (Wildman–Crippen LogP) is 4.92. The fourth-order valence-electron chi connectivity index (χ4n) is 2.47. The van der Waals surface area contributed by atoms with Gasteiger partial charge in [0.1, 0.15) is 0 Å². The summed E-state index contributed by atoms with van der Waals surface area (Å²) < 4.78 is 1.55. The maximum Gasteiger partial charge on any atom is 0.280 e. The molecule has 4 heteroatoms. The standard InChI is InChI=1S/C16H11N3O.2C2H6/c20-16-13-10-17-14-9-5-4-8-12(14)15(13)18-19(16)11-6-2-1-3-7-11;2*1-2/h1-10,18H;2*1-2H3. The van der Waals surface area contributed by atoms with Gasteiger partial charge in [-0.25, -0.2) is 4.68 Å². The van der Waals surface area contributed by atoms with Crippen LogP contribution in [0.3, 0.4) is 0 Å². The number of aromatic nitrogens is 3. The smallest absolute Gasteiger partial charge is 0.280 e. The number of hydrogen-bond acceptors (Lipinski definition) is 2. The van der Waals surface area contributed by atoms with E-state index in [1.54, 1.807) is 10.9 Å². The molecule has 0 fully saturated rings. The summed E-state index contributed by atoms with van der Waals surface area (Å²) in [7, 11) is 0. The van der Waals surface area contributed by atoms with E-state index in [4.69, 9.17) is 0 Å². The van der Waals surface area contributed by atoms with Crippen molar-refractivity contribution in [2.24, 2.45) is 0 Å². The molecule has 0 unspecified atom stereocenters. The van der Waals surface area contributed by atoms with Gasteiger partial charge in [0.2, 0.25) is 0 Å². The third-order valence-electron chi connectivity index (χ3n) is 3.45. The first-order chi connectivity index (χ1) is 11.8. The lowest BCUT2D eigenvalue weighted by Crippen LogP contribution is -2.13. The fourth-order valence-corrected chi connectivity index (χ4v) is 2.47. The van der Waals surface area contributed by atoms with Crippen molar-refractivity contribution in [2.45, 2.75) is 27.7 Å². The molecule has 0 aliphatic heterocycles. The summed E-state index contributed by atoms with van der Waals surface area (Å²) in [4.78, 5) is 16.8. The first-order valence-electron chi connectivity index (χ1n) is 8.38. The van der Waals surface area contributed by atoms with Crippen LogP contribution in [0.2, 0.25) is 0 Å². The Morgan fingerprint density at radius 2 is 1.46 bits per heavy atom. The van der Waals surface area contributed by atoms with Crippen LogP contribution >= 0.6 is 0 Å². The van der Waals surface area contributed by atoms with Crippen LogP contribution in [0.5, 0.6) is 0 Å². The van der Waals surface area contributed by atoms with Crippen molar-refractivity contribution in [3.63, 3.8) is 0 Å². The number of H-pyrrole nitrogens is 1. The quantitative estimate of drug-likeness (QED) is 0.541. The van der Waals surface area contributed by atoms with Crippen molar-refractivity contribution < 1.29 is 0 Å². The van der Waals surface area contributed by atoms with Crippen LogP contribution in [0.25, 0.3) is 27.5 Å². The summed E-state index contributed by atoms with van der Waals surface area (Å²) in [5, 5.41) is 4.75. The number of para-hydroxylation sites is 2. The second-order valence-corrected chi connectivity index (χ2v) is 4.65. The molecule has 4 aromatic rings. The monoisotopic (exact) mass is 321 g/mol. The molecule has 4 nitrogen and oxygen atoms in total. The Balaban J connectivity index is 0.000000487. The van der Waals surface area contributed by atoms with Gasteiger partial charge in [0.15, 0.2) is 0 Å². The van der Waals surface area contributed by atoms with Crippen LogP contribution in [0.4, 0.5) is 0 Å². The normalized spacial score (nSPS) is 9.83. The molecule has 0 radical (unpaired) electrons. The molecule has 24 heavy (non-hydrogen) atoms. The molecule has 0 atom stereocenters. The number of benzene rings is 2. The van der Waals surface area contributed by atoms with E-state index in [1.165, 1.54) is 0 Å².